The monoisotopic (exact) mass is 293 g/mol. The van der Waals surface area contributed by atoms with E-state index in [9.17, 15) is 22.0 Å². The second kappa shape index (κ2) is 5.22. The van der Waals surface area contributed by atoms with Gasteiger partial charge in [0.1, 0.15) is 5.69 Å². The Balaban J connectivity index is 2.39. The first-order chi connectivity index (χ1) is 9.25. The minimum atomic E-state index is -2.13. The molecule has 0 amide bonds. The Labute approximate surface area is 114 Å². The third kappa shape index (κ3) is 2.47. The SMILES string of the molecule is CC1(C)CCCCC1Nc1c(F)c(F)c(F)c(F)c1F. The van der Waals surface area contributed by atoms with Crippen molar-refractivity contribution in [3.63, 3.8) is 0 Å². The van der Waals surface area contributed by atoms with Gasteiger partial charge in [0.05, 0.1) is 0 Å². The van der Waals surface area contributed by atoms with Gasteiger partial charge in [0.25, 0.3) is 0 Å². The van der Waals surface area contributed by atoms with Crippen molar-refractivity contribution in [2.75, 3.05) is 5.32 Å². The summed E-state index contributed by atoms with van der Waals surface area (Å²) in [5.41, 5.74) is -1.19. The van der Waals surface area contributed by atoms with E-state index < -0.39 is 34.8 Å². The zero-order chi connectivity index (χ0) is 15.1. The third-order valence-electron chi connectivity index (χ3n) is 4.04. The van der Waals surface area contributed by atoms with Crippen LogP contribution >= 0.6 is 0 Å². The Morgan fingerprint density at radius 2 is 1.35 bits per heavy atom. The highest BCUT2D eigenvalue weighted by atomic mass is 19.2. The van der Waals surface area contributed by atoms with Crippen LogP contribution in [0.25, 0.3) is 0 Å². The molecule has 1 aromatic rings. The van der Waals surface area contributed by atoms with Crippen molar-refractivity contribution in [2.24, 2.45) is 5.41 Å². The van der Waals surface area contributed by atoms with Gasteiger partial charge in [-0.15, -0.1) is 0 Å². The Bertz CT molecular complexity index is 498. The first-order valence-electron chi connectivity index (χ1n) is 6.53. The highest BCUT2D eigenvalue weighted by Crippen LogP contribution is 2.38. The molecule has 20 heavy (non-hydrogen) atoms. The lowest BCUT2D eigenvalue weighted by atomic mass is 9.73. The first kappa shape index (κ1) is 15.1. The fourth-order valence-corrected chi connectivity index (χ4v) is 2.67. The highest BCUT2D eigenvalue weighted by molar-refractivity contribution is 5.49. The molecule has 0 spiro atoms. The number of hydrogen-bond acceptors (Lipinski definition) is 1. The van der Waals surface area contributed by atoms with E-state index in [1.807, 2.05) is 13.8 Å². The van der Waals surface area contributed by atoms with E-state index in [0.29, 0.717) is 6.42 Å². The van der Waals surface area contributed by atoms with E-state index in [0.717, 1.165) is 19.3 Å². The zero-order valence-corrected chi connectivity index (χ0v) is 11.3. The lowest BCUT2D eigenvalue weighted by Crippen LogP contribution is -2.39. The average Bonchev–Trinajstić information content (AvgIpc) is 2.40. The first-order valence-corrected chi connectivity index (χ1v) is 6.53. The van der Waals surface area contributed by atoms with E-state index >= 15 is 0 Å². The summed E-state index contributed by atoms with van der Waals surface area (Å²) in [5, 5.41) is 2.52. The maximum absolute atomic E-state index is 13.6. The molecule has 0 aromatic heterocycles. The van der Waals surface area contributed by atoms with Crippen LogP contribution in [0.5, 0.6) is 0 Å². The molecule has 1 aromatic carbocycles. The molecular weight excluding hydrogens is 277 g/mol. The van der Waals surface area contributed by atoms with Crippen LogP contribution in [0, 0.1) is 34.5 Å². The summed E-state index contributed by atoms with van der Waals surface area (Å²) in [7, 11) is 0. The molecule has 0 radical (unpaired) electrons. The predicted octanol–water partition coefficient (Wildman–Crippen LogP) is 4.76. The van der Waals surface area contributed by atoms with E-state index in [4.69, 9.17) is 0 Å². The van der Waals surface area contributed by atoms with Gasteiger partial charge in [-0.1, -0.05) is 26.7 Å². The summed E-state index contributed by atoms with van der Waals surface area (Å²) in [4.78, 5) is 0. The number of rotatable bonds is 2. The summed E-state index contributed by atoms with van der Waals surface area (Å²) < 4.78 is 66.5. The number of halogens is 5. The molecule has 1 unspecified atom stereocenters. The Hall–Kier alpha value is -1.33. The van der Waals surface area contributed by atoms with Gasteiger partial charge in [-0.3, -0.25) is 0 Å². The Morgan fingerprint density at radius 1 is 0.850 bits per heavy atom. The van der Waals surface area contributed by atoms with Crippen LogP contribution in [0.4, 0.5) is 27.6 Å². The molecule has 0 aliphatic heterocycles. The molecule has 1 saturated carbocycles. The topological polar surface area (TPSA) is 12.0 Å². The van der Waals surface area contributed by atoms with Crippen LogP contribution in [0.2, 0.25) is 0 Å². The molecule has 0 heterocycles. The van der Waals surface area contributed by atoms with Crippen LogP contribution in [0.15, 0.2) is 0 Å². The van der Waals surface area contributed by atoms with E-state index in [1.54, 1.807) is 0 Å². The quantitative estimate of drug-likeness (QED) is 0.471. The summed E-state index contributed by atoms with van der Waals surface area (Å²) in [6.45, 7) is 3.83. The van der Waals surface area contributed by atoms with Crippen LogP contribution in [-0.2, 0) is 0 Å². The van der Waals surface area contributed by atoms with Gasteiger partial charge in [-0.25, -0.2) is 22.0 Å². The Kier molecular flexibility index (Phi) is 3.93. The largest absolute Gasteiger partial charge is 0.377 e. The maximum Gasteiger partial charge on any atom is 0.200 e. The molecule has 2 rings (SSSR count). The number of benzene rings is 1. The fraction of sp³-hybridized carbons (Fsp3) is 0.571. The van der Waals surface area contributed by atoms with Crippen molar-refractivity contribution in [2.45, 2.75) is 45.6 Å². The smallest absolute Gasteiger partial charge is 0.200 e. The van der Waals surface area contributed by atoms with E-state index in [1.165, 1.54) is 0 Å². The third-order valence-corrected chi connectivity index (χ3v) is 4.04. The average molecular weight is 293 g/mol. The molecule has 6 heteroatoms. The van der Waals surface area contributed by atoms with Gasteiger partial charge in [-0.05, 0) is 18.3 Å². The normalized spacial score (nSPS) is 21.9. The zero-order valence-electron chi connectivity index (χ0n) is 11.3. The van der Waals surface area contributed by atoms with Crippen molar-refractivity contribution in [3.8, 4) is 0 Å². The van der Waals surface area contributed by atoms with Crippen LogP contribution in [0.1, 0.15) is 39.5 Å². The van der Waals surface area contributed by atoms with Gasteiger partial charge in [0.2, 0.25) is 5.82 Å². The second-order valence-electron chi connectivity index (χ2n) is 5.88. The van der Waals surface area contributed by atoms with Crippen molar-refractivity contribution in [1.82, 2.24) is 0 Å². The van der Waals surface area contributed by atoms with Gasteiger partial charge < -0.3 is 5.32 Å². The lowest BCUT2D eigenvalue weighted by molar-refractivity contribution is 0.215. The van der Waals surface area contributed by atoms with Crippen molar-refractivity contribution in [3.05, 3.63) is 29.1 Å². The maximum atomic E-state index is 13.6. The van der Waals surface area contributed by atoms with Gasteiger partial charge in [0.15, 0.2) is 23.3 Å². The molecule has 1 fully saturated rings. The van der Waals surface area contributed by atoms with Crippen LogP contribution in [-0.4, -0.2) is 6.04 Å². The van der Waals surface area contributed by atoms with E-state index in [-0.39, 0.29) is 11.5 Å². The number of hydrogen-bond donors (Lipinski definition) is 1. The lowest BCUT2D eigenvalue weighted by Gasteiger charge is -2.39. The van der Waals surface area contributed by atoms with Crippen molar-refractivity contribution in [1.29, 1.82) is 0 Å². The standard InChI is InChI=1S/C14H16F5N/c1-14(2)6-4-3-5-7(14)20-13-11(18)9(16)8(15)10(17)12(13)19/h7,20H,3-6H2,1-2H3. The van der Waals surface area contributed by atoms with Gasteiger partial charge in [0, 0.05) is 6.04 Å². The molecule has 1 atom stereocenters. The molecule has 1 aliphatic carbocycles. The summed E-state index contributed by atoms with van der Waals surface area (Å²) in [6, 6.07) is -0.329. The molecule has 112 valence electrons. The fourth-order valence-electron chi connectivity index (χ4n) is 2.67. The van der Waals surface area contributed by atoms with Crippen LogP contribution < -0.4 is 5.32 Å². The minimum absolute atomic E-state index is 0.265. The number of nitrogens with one attached hydrogen (secondary N) is 1. The molecule has 0 saturated heterocycles. The summed E-state index contributed by atoms with van der Waals surface area (Å²) in [5.74, 6) is -9.57. The molecule has 1 aliphatic rings. The highest BCUT2D eigenvalue weighted by Gasteiger charge is 2.35. The molecular formula is C14H16F5N. The summed E-state index contributed by atoms with van der Waals surface area (Å²) >= 11 is 0. The van der Waals surface area contributed by atoms with Gasteiger partial charge in [-0.2, -0.15) is 0 Å². The second-order valence-corrected chi connectivity index (χ2v) is 5.88. The minimum Gasteiger partial charge on any atom is -0.377 e. The van der Waals surface area contributed by atoms with Crippen molar-refractivity contribution >= 4 is 5.69 Å². The molecule has 1 N–H and O–H groups in total. The molecule has 0 bridgehead atoms. The van der Waals surface area contributed by atoms with Crippen molar-refractivity contribution < 1.29 is 22.0 Å². The number of anilines is 1. The molecule has 1 nitrogen and oxygen atoms in total. The van der Waals surface area contributed by atoms with Crippen LogP contribution in [0.3, 0.4) is 0 Å². The van der Waals surface area contributed by atoms with Gasteiger partial charge >= 0.3 is 0 Å². The Morgan fingerprint density at radius 3 is 1.85 bits per heavy atom. The predicted molar refractivity (Wildman–Crippen MR) is 65.9 cm³/mol. The van der Waals surface area contributed by atoms with E-state index in [2.05, 4.69) is 5.32 Å². The summed E-state index contributed by atoms with van der Waals surface area (Å²) in [6.07, 6.45) is 3.31.